The fourth-order valence-corrected chi connectivity index (χ4v) is 1.87. The standard InChI is InChI=1S/C12H16O5S/c1-4-16-12(13)9(2)10-6-5-7-11(8-10)17-18(3,14)15/h5-9H,4H2,1-3H3. The molecule has 100 valence electrons. The van der Waals surface area contributed by atoms with E-state index in [0.29, 0.717) is 12.2 Å². The molecule has 0 saturated carbocycles. The molecule has 6 heteroatoms. The first-order valence-corrected chi connectivity index (χ1v) is 7.31. The molecule has 1 aromatic carbocycles. The van der Waals surface area contributed by atoms with E-state index >= 15 is 0 Å². The third-order valence-electron chi connectivity index (χ3n) is 2.25. The molecule has 0 N–H and O–H groups in total. The van der Waals surface area contributed by atoms with Gasteiger partial charge in [-0.15, -0.1) is 0 Å². The molecule has 0 aliphatic rings. The molecule has 5 nitrogen and oxygen atoms in total. The summed E-state index contributed by atoms with van der Waals surface area (Å²) in [6, 6.07) is 6.38. The first-order chi connectivity index (χ1) is 8.33. The maximum absolute atomic E-state index is 11.6. The van der Waals surface area contributed by atoms with Crippen molar-refractivity contribution in [1.82, 2.24) is 0 Å². The van der Waals surface area contributed by atoms with Crippen molar-refractivity contribution in [2.75, 3.05) is 12.9 Å². The summed E-state index contributed by atoms with van der Waals surface area (Å²) < 4.78 is 31.7. The summed E-state index contributed by atoms with van der Waals surface area (Å²) in [4.78, 5) is 11.6. The molecule has 0 radical (unpaired) electrons. The third-order valence-corrected chi connectivity index (χ3v) is 2.74. The maximum Gasteiger partial charge on any atom is 0.313 e. The van der Waals surface area contributed by atoms with Gasteiger partial charge in [0.05, 0.1) is 18.8 Å². The van der Waals surface area contributed by atoms with Gasteiger partial charge >= 0.3 is 16.1 Å². The lowest BCUT2D eigenvalue weighted by Gasteiger charge is -2.11. The molecule has 0 spiro atoms. The molecular weight excluding hydrogens is 256 g/mol. The van der Waals surface area contributed by atoms with E-state index in [-0.39, 0.29) is 11.7 Å². The Hall–Kier alpha value is -1.56. The van der Waals surface area contributed by atoms with Crippen LogP contribution < -0.4 is 4.18 Å². The predicted octanol–water partition coefficient (Wildman–Crippen LogP) is 1.69. The number of carbonyl (C=O) groups is 1. The summed E-state index contributed by atoms with van der Waals surface area (Å²) in [7, 11) is -3.57. The van der Waals surface area contributed by atoms with Crippen molar-refractivity contribution in [1.29, 1.82) is 0 Å². The summed E-state index contributed by atoms with van der Waals surface area (Å²) in [6.45, 7) is 3.73. The van der Waals surface area contributed by atoms with Crippen LogP contribution in [0.3, 0.4) is 0 Å². The number of esters is 1. The molecular formula is C12H16O5S. The Morgan fingerprint density at radius 2 is 2.06 bits per heavy atom. The fraction of sp³-hybridized carbons (Fsp3) is 0.417. The van der Waals surface area contributed by atoms with Gasteiger partial charge in [-0.25, -0.2) is 0 Å². The van der Waals surface area contributed by atoms with Crippen LogP contribution in [0.5, 0.6) is 5.75 Å². The van der Waals surface area contributed by atoms with Crippen LogP contribution in [-0.2, 0) is 19.6 Å². The van der Waals surface area contributed by atoms with Crippen LogP contribution in [0.2, 0.25) is 0 Å². The van der Waals surface area contributed by atoms with Gasteiger partial charge in [-0.2, -0.15) is 8.42 Å². The molecule has 18 heavy (non-hydrogen) atoms. The van der Waals surface area contributed by atoms with E-state index in [9.17, 15) is 13.2 Å². The highest BCUT2D eigenvalue weighted by Gasteiger charge is 2.17. The Labute approximate surface area is 107 Å². The smallest absolute Gasteiger partial charge is 0.313 e. The second kappa shape index (κ2) is 5.86. The fourth-order valence-electron chi connectivity index (χ4n) is 1.41. The van der Waals surface area contributed by atoms with Gasteiger partial charge in [0.25, 0.3) is 0 Å². The molecule has 0 aliphatic heterocycles. The van der Waals surface area contributed by atoms with Gasteiger partial charge in [-0.05, 0) is 31.5 Å². The maximum atomic E-state index is 11.6. The zero-order valence-corrected chi connectivity index (χ0v) is 11.4. The first-order valence-electron chi connectivity index (χ1n) is 5.49. The Balaban J connectivity index is 2.91. The average molecular weight is 272 g/mol. The lowest BCUT2D eigenvalue weighted by Crippen LogP contribution is -2.13. The molecule has 1 unspecified atom stereocenters. The number of ether oxygens (including phenoxy) is 1. The van der Waals surface area contributed by atoms with Gasteiger partial charge < -0.3 is 8.92 Å². The largest absolute Gasteiger partial charge is 0.466 e. The van der Waals surface area contributed by atoms with Gasteiger partial charge in [-0.1, -0.05) is 12.1 Å². The van der Waals surface area contributed by atoms with E-state index in [1.165, 1.54) is 12.1 Å². The Morgan fingerprint density at radius 3 is 2.61 bits per heavy atom. The van der Waals surface area contributed by atoms with E-state index in [4.69, 9.17) is 8.92 Å². The quantitative estimate of drug-likeness (QED) is 0.602. The lowest BCUT2D eigenvalue weighted by atomic mass is 10.0. The zero-order valence-electron chi connectivity index (χ0n) is 10.5. The molecule has 0 saturated heterocycles. The van der Waals surface area contributed by atoms with Crippen molar-refractivity contribution in [3.8, 4) is 5.75 Å². The Morgan fingerprint density at radius 1 is 1.39 bits per heavy atom. The summed E-state index contributed by atoms with van der Waals surface area (Å²) in [6.07, 6.45) is 0.967. The molecule has 0 heterocycles. The highest BCUT2D eigenvalue weighted by molar-refractivity contribution is 7.86. The van der Waals surface area contributed by atoms with Crippen molar-refractivity contribution in [2.45, 2.75) is 19.8 Å². The van der Waals surface area contributed by atoms with Crippen molar-refractivity contribution in [3.63, 3.8) is 0 Å². The van der Waals surface area contributed by atoms with Crippen LogP contribution in [0.25, 0.3) is 0 Å². The Kier molecular flexibility index (Phi) is 4.72. The second-order valence-electron chi connectivity index (χ2n) is 3.83. The second-order valence-corrected chi connectivity index (χ2v) is 5.41. The summed E-state index contributed by atoms with van der Waals surface area (Å²) in [5.41, 5.74) is 0.648. The highest BCUT2D eigenvalue weighted by Crippen LogP contribution is 2.22. The minimum absolute atomic E-state index is 0.186. The van der Waals surface area contributed by atoms with Crippen LogP contribution >= 0.6 is 0 Å². The topological polar surface area (TPSA) is 69.7 Å². The van der Waals surface area contributed by atoms with E-state index < -0.39 is 16.0 Å². The van der Waals surface area contributed by atoms with Crippen molar-refractivity contribution in [2.24, 2.45) is 0 Å². The number of carbonyl (C=O) groups excluding carboxylic acids is 1. The molecule has 0 aliphatic carbocycles. The first kappa shape index (κ1) is 14.5. The number of hydrogen-bond donors (Lipinski definition) is 0. The van der Waals surface area contributed by atoms with E-state index in [1.807, 2.05) is 0 Å². The molecule has 0 fully saturated rings. The van der Waals surface area contributed by atoms with Crippen LogP contribution in [0.1, 0.15) is 25.3 Å². The predicted molar refractivity (Wildman–Crippen MR) is 67.0 cm³/mol. The van der Waals surface area contributed by atoms with E-state index in [2.05, 4.69) is 0 Å². The summed E-state index contributed by atoms with van der Waals surface area (Å²) >= 11 is 0. The van der Waals surface area contributed by atoms with Crippen molar-refractivity contribution < 1.29 is 22.1 Å². The van der Waals surface area contributed by atoms with Gasteiger partial charge in [0, 0.05) is 0 Å². The zero-order chi connectivity index (χ0) is 13.8. The van der Waals surface area contributed by atoms with Crippen molar-refractivity contribution >= 4 is 16.1 Å². The molecule has 1 aromatic rings. The van der Waals surface area contributed by atoms with Crippen LogP contribution in [0.4, 0.5) is 0 Å². The molecule has 0 amide bonds. The SMILES string of the molecule is CCOC(=O)C(C)c1cccc(OS(C)(=O)=O)c1. The van der Waals surface area contributed by atoms with Gasteiger partial charge in [0.15, 0.2) is 0 Å². The van der Waals surface area contributed by atoms with Crippen molar-refractivity contribution in [3.05, 3.63) is 29.8 Å². The number of rotatable bonds is 5. The van der Waals surface area contributed by atoms with Crippen LogP contribution in [0, 0.1) is 0 Å². The van der Waals surface area contributed by atoms with Gasteiger partial charge in [0.2, 0.25) is 0 Å². The minimum Gasteiger partial charge on any atom is -0.466 e. The van der Waals surface area contributed by atoms with E-state index in [1.54, 1.807) is 26.0 Å². The summed E-state index contributed by atoms with van der Waals surface area (Å²) in [5.74, 6) is -0.631. The lowest BCUT2D eigenvalue weighted by molar-refractivity contribution is -0.144. The number of hydrogen-bond acceptors (Lipinski definition) is 5. The molecule has 1 atom stereocenters. The average Bonchev–Trinajstić information content (AvgIpc) is 2.26. The molecule has 0 bridgehead atoms. The third kappa shape index (κ3) is 4.37. The molecule has 0 aromatic heterocycles. The molecule has 1 rings (SSSR count). The van der Waals surface area contributed by atoms with Gasteiger partial charge in [0.1, 0.15) is 5.75 Å². The van der Waals surface area contributed by atoms with Crippen LogP contribution in [0.15, 0.2) is 24.3 Å². The highest BCUT2D eigenvalue weighted by atomic mass is 32.2. The van der Waals surface area contributed by atoms with E-state index in [0.717, 1.165) is 6.26 Å². The van der Waals surface area contributed by atoms with Gasteiger partial charge in [-0.3, -0.25) is 4.79 Å². The monoisotopic (exact) mass is 272 g/mol. The van der Waals surface area contributed by atoms with Crippen LogP contribution in [-0.4, -0.2) is 27.2 Å². The minimum atomic E-state index is -3.57. The summed E-state index contributed by atoms with van der Waals surface area (Å²) in [5, 5.41) is 0. The normalized spacial score (nSPS) is 12.8. The Bertz CT molecular complexity index is 521. The number of benzene rings is 1.